The van der Waals surface area contributed by atoms with Crippen molar-refractivity contribution in [2.24, 2.45) is 0 Å². The second kappa shape index (κ2) is 7.97. The Bertz CT molecular complexity index is 1220. The zero-order valence-electron chi connectivity index (χ0n) is 16.4. The Kier molecular flexibility index (Phi) is 5.37. The van der Waals surface area contributed by atoms with Gasteiger partial charge in [-0.25, -0.2) is 0 Å². The van der Waals surface area contributed by atoms with Gasteiger partial charge in [0.1, 0.15) is 17.9 Å². The van der Waals surface area contributed by atoms with Crippen LogP contribution in [0.25, 0.3) is 11.0 Å². The van der Waals surface area contributed by atoms with Crippen molar-refractivity contribution < 1.29 is 19.1 Å². The molecule has 7 heteroatoms. The van der Waals surface area contributed by atoms with Gasteiger partial charge in [0.05, 0.1) is 23.6 Å². The number of aliphatic hydroxyl groups excluding tert-OH is 1. The fourth-order valence-electron chi connectivity index (χ4n) is 3.76. The van der Waals surface area contributed by atoms with E-state index in [0.717, 1.165) is 5.56 Å². The zero-order chi connectivity index (χ0) is 21.4. The number of nitrogens with zero attached hydrogens (tertiary/aromatic N) is 1. The molecule has 154 valence electrons. The van der Waals surface area contributed by atoms with Crippen LogP contribution in [-0.4, -0.2) is 35.7 Å². The number of benzene rings is 2. The van der Waals surface area contributed by atoms with Crippen LogP contribution in [0, 0.1) is 6.92 Å². The van der Waals surface area contributed by atoms with Crippen LogP contribution < -0.4 is 10.2 Å². The third kappa shape index (κ3) is 3.28. The molecule has 1 atom stereocenters. The van der Waals surface area contributed by atoms with Crippen LogP contribution in [0.1, 0.15) is 33.3 Å². The molecule has 0 spiro atoms. The lowest BCUT2D eigenvalue weighted by molar-refractivity contribution is 0.0691. The maximum atomic E-state index is 13.4. The molecule has 2 aromatic carbocycles. The van der Waals surface area contributed by atoms with E-state index < -0.39 is 11.9 Å². The minimum Gasteiger partial charge on any atom is -0.490 e. The predicted octanol–water partition coefficient (Wildman–Crippen LogP) is 3.86. The Morgan fingerprint density at radius 3 is 2.83 bits per heavy atom. The normalized spacial score (nSPS) is 15.5. The molecular formula is C23H20ClNO5. The van der Waals surface area contributed by atoms with Gasteiger partial charge in [-0.1, -0.05) is 36.4 Å². The Morgan fingerprint density at radius 2 is 2.10 bits per heavy atom. The van der Waals surface area contributed by atoms with Crippen LogP contribution in [0.4, 0.5) is 0 Å². The largest absolute Gasteiger partial charge is 0.490 e. The summed E-state index contributed by atoms with van der Waals surface area (Å²) in [7, 11) is 0. The third-order valence-corrected chi connectivity index (χ3v) is 5.54. The van der Waals surface area contributed by atoms with Gasteiger partial charge >= 0.3 is 0 Å². The number of β-amino-alcohol motifs (C(OH)–C–C–N with tert-alkyl or cyclic N) is 1. The number of carbonyl (C=O) groups excluding carboxylic acids is 1. The van der Waals surface area contributed by atoms with Gasteiger partial charge in [0.25, 0.3) is 5.91 Å². The summed E-state index contributed by atoms with van der Waals surface area (Å²) in [4.78, 5) is 27.9. The average Bonchev–Trinajstić information content (AvgIpc) is 3.01. The van der Waals surface area contributed by atoms with E-state index in [-0.39, 0.29) is 29.9 Å². The lowest BCUT2D eigenvalue weighted by Crippen LogP contribution is -2.32. The summed E-state index contributed by atoms with van der Waals surface area (Å²) in [5, 5.41) is 10.3. The number of hydrogen-bond acceptors (Lipinski definition) is 5. The summed E-state index contributed by atoms with van der Waals surface area (Å²) in [5.74, 6) is 0.138. The topological polar surface area (TPSA) is 80.0 Å². The lowest BCUT2D eigenvalue weighted by atomic mass is 9.98. The molecule has 0 aliphatic carbocycles. The Labute approximate surface area is 177 Å². The highest BCUT2D eigenvalue weighted by Gasteiger charge is 2.42. The molecule has 30 heavy (non-hydrogen) atoms. The number of carbonyl (C=O) groups is 1. The van der Waals surface area contributed by atoms with E-state index in [9.17, 15) is 14.7 Å². The van der Waals surface area contributed by atoms with E-state index in [1.807, 2.05) is 6.07 Å². The van der Waals surface area contributed by atoms with Crippen LogP contribution in [0.3, 0.4) is 0 Å². The molecule has 3 aromatic rings. The van der Waals surface area contributed by atoms with E-state index in [4.69, 9.17) is 20.8 Å². The van der Waals surface area contributed by atoms with Crippen LogP contribution in [0.2, 0.25) is 5.02 Å². The summed E-state index contributed by atoms with van der Waals surface area (Å²) in [6, 6.07) is 9.67. The van der Waals surface area contributed by atoms with Crippen molar-refractivity contribution in [3.63, 3.8) is 0 Å². The van der Waals surface area contributed by atoms with Crippen molar-refractivity contribution in [2.45, 2.75) is 13.0 Å². The molecule has 1 aromatic heterocycles. The number of hydrogen-bond donors (Lipinski definition) is 1. The highest BCUT2D eigenvalue weighted by Crippen LogP contribution is 2.39. The number of aliphatic hydroxyl groups is 1. The van der Waals surface area contributed by atoms with Crippen molar-refractivity contribution in [1.29, 1.82) is 0 Å². The van der Waals surface area contributed by atoms with E-state index in [2.05, 4.69) is 6.58 Å². The molecule has 0 radical (unpaired) electrons. The molecule has 4 rings (SSSR count). The van der Waals surface area contributed by atoms with Gasteiger partial charge in [-0.2, -0.15) is 0 Å². The van der Waals surface area contributed by atoms with Gasteiger partial charge < -0.3 is 19.2 Å². The summed E-state index contributed by atoms with van der Waals surface area (Å²) in [6.07, 6.45) is 1.63. The molecule has 0 bridgehead atoms. The maximum Gasteiger partial charge on any atom is 0.290 e. The Morgan fingerprint density at radius 1 is 1.30 bits per heavy atom. The van der Waals surface area contributed by atoms with Gasteiger partial charge in [0, 0.05) is 11.6 Å². The van der Waals surface area contributed by atoms with Crippen LogP contribution in [0.5, 0.6) is 5.75 Å². The van der Waals surface area contributed by atoms with Crippen molar-refractivity contribution >= 4 is 28.5 Å². The highest BCUT2D eigenvalue weighted by atomic mass is 35.5. The molecule has 1 N–H and O–H groups in total. The van der Waals surface area contributed by atoms with Crippen molar-refractivity contribution in [3.8, 4) is 5.75 Å². The number of amides is 1. The SMILES string of the molecule is C=CCOc1cccc(C2c3c(oc4cc(C)c(Cl)cc4c3=O)C(=O)N2CCO)c1. The molecule has 0 fully saturated rings. The van der Waals surface area contributed by atoms with E-state index in [1.165, 1.54) is 4.90 Å². The molecule has 2 heterocycles. The minimum atomic E-state index is -0.701. The second-order valence-electron chi connectivity index (χ2n) is 7.07. The van der Waals surface area contributed by atoms with Gasteiger partial charge in [-0.3, -0.25) is 9.59 Å². The number of fused-ring (bicyclic) bond motifs is 2. The quantitative estimate of drug-likeness (QED) is 0.606. The predicted molar refractivity (Wildman–Crippen MR) is 114 cm³/mol. The molecule has 1 amide bonds. The second-order valence-corrected chi connectivity index (χ2v) is 7.48. The monoisotopic (exact) mass is 425 g/mol. The van der Waals surface area contributed by atoms with Gasteiger partial charge in [0.2, 0.25) is 5.76 Å². The minimum absolute atomic E-state index is 0.00918. The summed E-state index contributed by atoms with van der Waals surface area (Å²) in [6.45, 7) is 5.57. The van der Waals surface area contributed by atoms with Gasteiger partial charge in [-0.15, -0.1) is 0 Å². The number of rotatable bonds is 6. The van der Waals surface area contributed by atoms with Crippen LogP contribution in [-0.2, 0) is 0 Å². The molecule has 6 nitrogen and oxygen atoms in total. The lowest BCUT2D eigenvalue weighted by Gasteiger charge is -2.24. The zero-order valence-corrected chi connectivity index (χ0v) is 17.1. The van der Waals surface area contributed by atoms with E-state index >= 15 is 0 Å². The smallest absolute Gasteiger partial charge is 0.290 e. The first-order valence-corrected chi connectivity index (χ1v) is 9.86. The summed E-state index contributed by atoms with van der Waals surface area (Å²) >= 11 is 6.22. The first kappa shape index (κ1) is 20.2. The van der Waals surface area contributed by atoms with Crippen LogP contribution in [0.15, 0.2) is 58.3 Å². The average molecular weight is 426 g/mol. The van der Waals surface area contributed by atoms with E-state index in [1.54, 1.807) is 43.3 Å². The molecular weight excluding hydrogens is 406 g/mol. The first-order chi connectivity index (χ1) is 14.5. The van der Waals surface area contributed by atoms with Crippen molar-refractivity contribution in [1.82, 2.24) is 4.90 Å². The maximum absolute atomic E-state index is 13.4. The molecule has 1 aliphatic rings. The Hall–Kier alpha value is -3.09. The fourth-order valence-corrected chi connectivity index (χ4v) is 3.92. The third-order valence-electron chi connectivity index (χ3n) is 5.13. The first-order valence-electron chi connectivity index (χ1n) is 9.48. The number of aryl methyl sites for hydroxylation is 1. The molecule has 0 saturated heterocycles. The summed E-state index contributed by atoms with van der Waals surface area (Å²) < 4.78 is 11.5. The van der Waals surface area contributed by atoms with Crippen LogP contribution >= 0.6 is 11.6 Å². The highest BCUT2D eigenvalue weighted by molar-refractivity contribution is 6.32. The van der Waals surface area contributed by atoms with Crippen molar-refractivity contribution in [3.05, 3.63) is 86.7 Å². The number of ether oxygens (including phenoxy) is 1. The Balaban J connectivity index is 1.94. The van der Waals surface area contributed by atoms with Crippen molar-refractivity contribution in [2.75, 3.05) is 19.8 Å². The van der Waals surface area contributed by atoms with Gasteiger partial charge in [0.15, 0.2) is 5.43 Å². The summed E-state index contributed by atoms with van der Waals surface area (Å²) in [5.41, 5.74) is 1.66. The standard InChI is InChI=1S/C23H20ClNO5/c1-3-9-29-15-6-4-5-14(11-15)20-19-21(27)16-12-17(24)13(2)10-18(16)30-22(19)23(28)25(20)7-8-26/h3-6,10-12,20,26H,1,7-9H2,2H3. The van der Waals surface area contributed by atoms with Gasteiger partial charge in [-0.05, 0) is 42.3 Å². The van der Waals surface area contributed by atoms with E-state index in [0.29, 0.717) is 33.9 Å². The molecule has 1 unspecified atom stereocenters. The number of halogens is 1. The molecule has 0 saturated carbocycles. The fraction of sp³-hybridized carbons (Fsp3) is 0.217. The molecule has 1 aliphatic heterocycles.